The zero-order valence-corrected chi connectivity index (χ0v) is 11.8. The highest BCUT2D eigenvalue weighted by Crippen LogP contribution is 2.15. The van der Waals surface area contributed by atoms with Gasteiger partial charge in [-0.15, -0.1) is 0 Å². The second-order valence-electron chi connectivity index (χ2n) is 4.74. The number of carbonyl (C=O) groups excluding carboxylic acids is 1. The third-order valence-corrected chi connectivity index (χ3v) is 2.42. The Hall–Kier alpha value is -2.04. The molecule has 1 amide bonds. The topological polar surface area (TPSA) is 80.0 Å². The molecular weight excluding hydrogens is 240 g/mol. The number of hydrogen-bond acceptors (Lipinski definition) is 4. The highest BCUT2D eigenvalue weighted by Gasteiger charge is 2.00. The summed E-state index contributed by atoms with van der Waals surface area (Å²) in [5.74, 6) is 0.647. The van der Waals surface area contributed by atoms with E-state index in [4.69, 9.17) is 5.73 Å². The van der Waals surface area contributed by atoms with Gasteiger partial charge in [-0.3, -0.25) is 4.79 Å². The first-order valence-corrected chi connectivity index (χ1v) is 6.38. The molecule has 0 fully saturated rings. The van der Waals surface area contributed by atoms with Crippen LogP contribution < -0.4 is 16.4 Å². The molecule has 104 valence electrons. The minimum absolute atomic E-state index is 0.0482. The number of aromatic nitrogens is 1. The van der Waals surface area contributed by atoms with Gasteiger partial charge in [0.2, 0.25) is 5.91 Å². The summed E-state index contributed by atoms with van der Waals surface area (Å²) < 4.78 is 0. The summed E-state index contributed by atoms with van der Waals surface area (Å²) in [4.78, 5) is 15.6. The average Bonchev–Trinajstić information content (AvgIpc) is 2.30. The first-order valence-electron chi connectivity index (χ1n) is 6.38. The Morgan fingerprint density at radius 3 is 2.79 bits per heavy atom. The van der Waals surface area contributed by atoms with Gasteiger partial charge in [0.1, 0.15) is 5.82 Å². The number of hydrogen-bond donors (Lipinski definition) is 3. The Morgan fingerprint density at radius 2 is 2.16 bits per heavy atom. The molecule has 4 N–H and O–H groups in total. The average molecular weight is 262 g/mol. The van der Waals surface area contributed by atoms with Gasteiger partial charge in [-0.25, -0.2) is 4.98 Å². The van der Waals surface area contributed by atoms with Gasteiger partial charge in [0.25, 0.3) is 0 Å². The minimum atomic E-state index is -0.0482. The van der Waals surface area contributed by atoms with Crippen molar-refractivity contribution in [1.82, 2.24) is 10.3 Å². The lowest BCUT2D eigenvalue weighted by molar-refractivity contribution is -0.116. The first kappa shape index (κ1) is 15.0. The Bertz CT molecular complexity index is 465. The van der Waals surface area contributed by atoms with Gasteiger partial charge in [-0.1, -0.05) is 5.57 Å². The lowest BCUT2D eigenvalue weighted by Crippen LogP contribution is -2.24. The molecule has 0 aliphatic carbocycles. The molecule has 19 heavy (non-hydrogen) atoms. The van der Waals surface area contributed by atoms with E-state index in [9.17, 15) is 4.79 Å². The van der Waals surface area contributed by atoms with Crippen molar-refractivity contribution in [3.8, 4) is 0 Å². The van der Waals surface area contributed by atoms with Crippen molar-refractivity contribution >= 4 is 17.4 Å². The van der Waals surface area contributed by atoms with Crippen molar-refractivity contribution in [2.75, 3.05) is 24.1 Å². The van der Waals surface area contributed by atoms with Crippen molar-refractivity contribution in [2.24, 2.45) is 0 Å². The van der Waals surface area contributed by atoms with Crippen LogP contribution in [0.1, 0.15) is 25.8 Å². The fraction of sp³-hybridized carbons (Fsp3) is 0.429. The van der Waals surface area contributed by atoms with E-state index in [1.807, 2.05) is 26.8 Å². The van der Waals surface area contributed by atoms with E-state index in [-0.39, 0.29) is 5.91 Å². The van der Waals surface area contributed by atoms with Gasteiger partial charge in [0, 0.05) is 25.4 Å². The Kier molecular flexibility index (Phi) is 5.85. The van der Waals surface area contributed by atoms with Crippen molar-refractivity contribution < 1.29 is 4.79 Å². The smallest absolute Gasteiger partial charge is 0.243 e. The number of pyridine rings is 1. The van der Waals surface area contributed by atoms with Gasteiger partial charge in [0.05, 0.1) is 5.69 Å². The van der Waals surface area contributed by atoms with Gasteiger partial charge in [-0.05, 0) is 38.8 Å². The Labute approximate surface area is 114 Å². The molecule has 1 aromatic heterocycles. The summed E-state index contributed by atoms with van der Waals surface area (Å²) in [7, 11) is 0. The van der Waals surface area contributed by atoms with Crippen molar-refractivity contribution in [3.63, 3.8) is 0 Å². The molecule has 0 saturated heterocycles. The predicted octanol–water partition coefficient (Wildman–Crippen LogP) is 1.86. The second kappa shape index (κ2) is 7.41. The molecular formula is C14H22N4O. The van der Waals surface area contributed by atoms with E-state index in [1.54, 1.807) is 12.3 Å². The van der Waals surface area contributed by atoms with Crippen molar-refractivity contribution in [3.05, 3.63) is 29.5 Å². The lowest BCUT2D eigenvalue weighted by atomic mass is 10.3. The molecule has 0 unspecified atom stereocenters. The lowest BCUT2D eigenvalue weighted by Gasteiger charge is -2.08. The van der Waals surface area contributed by atoms with Crippen LogP contribution in [0.2, 0.25) is 0 Å². The van der Waals surface area contributed by atoms with Gasteiger partial charge >= 0.3 is 0 Å². The largest absolute Gasteiger partial charge is 0.396 e. The van der Waals surface area contributed by atoms with E-state index in [0.29, 0.717) is 18.1 Å². The number of nitrogens with two attached hydrogens (primary N) is 1. The van der Waals surface area contributed by atoms with E-state index >= 15 is 0 Å². The summed E-state index contributed by atoms with van der Waals surface area (Å²) in [5, 5.41) is 5.97. The number of allylic oxidation sites excluding steroid dienone is 1. The molecule has 5 heteroatoms. The highest BCUT2D eigenvalue weighted by molar-refractivity contribution is 5.87. The van der Waals surface area contributed by atoms with Crippen LogP contribution in [0.15, 0.2) is 23.9 Å². The fourth-order valence-electron chi connectivity index (χ4n) is 1.56. The molecule has 0 saturated carbocycles. The minimum Gasteiger partial charge on any atom is -0.396 e. The molecule has 1 aromatic rings. The summed E-state index contributed by atoms with van der Waals surface area (Å²) in [6.07, 6.45) is 4.18. The maximum atomic E-state index is 11.3. The number of amides is 1. The molecule has 1 heterocycles. The normalized spacial score (nSPS) is 9.84. The van der Waals surface area contributed by atoms with Crippen LogP contribution >= 0.6 is 0 Å². The SMILES string of the molecule is CC(C)=CC(=O)NCCCNc1ncc(C)cc1N. The zero-order valence-electron chi connectivity index (χ0n) is 11.8. The van der Waals surface area contributed by atoms with Crippen LogP contribution in [0.4, 0.5) is 11.5 Å². The summed E-state index contributed by atoms with van der Waals surface area (Å²) in [5.41, 5.74) is 8.52. The van der Waals surface area contributed by atoms with Crippen LogP contribution in [0, 0.1) is 6.92 Å². The molecule has 0 aliphatic heterocycles. The molecule has 0 radical (unpaired) electrons. The molecule has 0 atom stereocenters. The fourth-order valence-corrected chi connectivity index (χ4v) is 1.56. The van der Waals surface area contributed by atoms with Crippen LogP contribution in [0.3, 0.4) is 0 Å². The molecule has 0 aliphatic rings. The third kappa shape index (κ3) is 5.90. The number of nitrogens with zero attached hydrogens (tertiary/aromatic N) is 1. The summed E-state index contributed by atoms with van der Waals surface area (Å²) in [6.45, 7) is 7.09. The zero-order chi connectivity index (χ0) is 14.3. The Balaban J connectivity index is 2.24. The van der Waals surface area contributed by atoms with Crippen molar-refractivity contribution in [2.45, 2.75) is 27.2 Å². The maximum absolute atomic E-state index is 11.3. The van der Waals surface area contributed by atoms with Gasteiger partial charge in [-0.2, -0.15) is 0 Å². The van der Waals surface area contributed by atoms with Crippen molar-refractivity contribution in [1.29, 1.82) is 0 Å². The number of carbonyl (C=O) groups is 1. The predicted molar refractivity (Wildman–Crippen MR) is 78.9 cm³/mol. The standard InChI is InChI=1S/C14H22N4O/c1-10(2)7-13(19)16-5-4-6-17-14-12(15)8-11(3)9-18-14/h7-9H,4-6,15H2,1-3H3,(H,16,19)(H,17,18). The highest BCUT2D eigenvalue weighted by atomic mass is 16.1. The van der Waals surface area contributed by atoms with E-state index in [1.165, 1.54) is 0 Å². The van der Waals surface area contributed by atoms with Crippen LogP contribution in [-0.2, 0) is 4.79 Å². The van der Waals surface area contributed by atoms with Crippen LogP contribution in [0.5, 0.6) is 0 Å². The first-order chi connectivity index (χ1) is 8.99. The number of nitrogen functional groups attached to an aromatic ring is 1. The van der Waals surface area contributed by atoms with E-state index in [0.717, 1.165) is 24.1 Å². The second-order valence-corrected chi connectivity index (χ2v) is 4.74. The summed E-state index contributed by atoms with van der Waals surface area (Å²) >= 11 is 0. The molecule has 5 nitrogen and oxygen atoms in total. The van der Waals surface area contributed by atoms with Crippen LogP contribution in [-0.4, -0.2) is 24.0 Å². The maximum Gasteiger partial charge on any atom is 0.243 e. The van der Waals surface area contributed by atoms with Crippen LogP contribution in [0.25, 0.3) is 0 Å². The molecule has 0 aromatic carbocycles. The van der Waals surface area contributed by atoms with Gasteiger partial charge in [0.15, 0.2) is 0 Å². The van der Waals surface area contributed by atoms with E-state index in [2.05, 4.69) is 15.6 Å². The molecule has 0 spiro atoms. The number of aryl methyl sites for hydroxylation is 1. The Morgan fingerprint density at radius 1 is 1.42 bits per heavy atom. The third-order valence-electron chi connectivity index (χ3n) is 2.42. The molecule has 0 bridgehead atoms. The number of nitrogens with one attached hydrogen (secondary N) is 2. The van der Waals surface area contributed by atoms with E-state index < -0.39 is 0 Å². The number of anilines is 2. The molecule has 1 rings (SSSR count). The monoisotopic (exact) mass is 262 g/mol. The summed E-state index contributed by atoms with van der Waals surface area (Å²) in [6, 6.07) is 1.88. The number of rotatable bonds is 6. The quantitative estimate of drug-likeness (QED) is 0.540. The van der Waals surface area contributed by atoms with Gasteiger partial charge < -0.3 is 16.4 Å².